The van der Waals surface area contributed by atoms with Crippen LogP contribution in [0.4, 0.5) is 0 Å². The summed E-state index contributed by atoms with van der Waals surface area (Å²) < 4.78 is 1.10. The van der Waals surface area contributed by atoms with Crippen molar-refractivity contribution in [1.82, 2.24) is 0 Å². The van der Waals surface area contributed by atoms with E-state index in [-0.39, 0.29) is 0 Å². The lowest BCUT2D eigenvalue weighted by Crippen LogP contribution is -3.25. The third-order valence-corrected chi connectivity index (χ3v) is 4.62. The molecule has 0 aromatic rings. The Labute approximate surface area is 95.8 Å². The first kappa shape index (κ1) is 13.0. The van der Waals surface area contributed by atoms with Gasteiger partial charge in [0.2, 0.25) is 0 Å². The molecule has 0 aromatic heterocycles. The zero-order valence-electron chi connectivity index (χ0n) is 11.9. The van der Waals surface area contributed by atoms with E-state index in [1.807, 2.05) is 0 Å². The van der Waals surface area contributed by atoms with Crippen LogP contribution >= 0.6 is 0 Å². The number of nitrogens with one attached hydrogen (secondary N) is 1. The molecule has 0 unspecified atom stereocenters. The van der Waals surface area contributed by atoms with Gasteiger partial charge in [0.15, 0.2) is 0 Å². The zero-order valence-corrected chi connectivity index (χ0v) is 11.9. The first-order valence-corrected chi connectivity index (χ1v) is 6.12. The van der Waals surface area contributed by atoms with E-state index in [2.05, 4.69) is 55.9 Å². The molecule has 15 heavy (non-hydrogen) atoms. The Balaban J connectivity index is 2.94. The Kier molecular flexibility index (Phi) is 2.99. The molecule has 1 saturated heterocycles. The second-order valence-electron chi connectivity index (χ2n) is 7.57. The molecule has 0 amide bonds. The summed E-state index contributed by atoms with van der Waals surface area (Å²) in [6.45, 7) is 9.63. The normalized spacial score (nSPS) is 35.2. The highest BCUT2D eigenvalue weighted by Crippen LogP contribution is 2.28. The standard InChI is InChI=1S/C13H29N2/c1-12(2)9-11(15(6,7)8)10-13(3,4)14(12)5/h11H,9-10H2,1-8H3/q+1/p+1. The van der Waals surface area contributed by atoms with Crippen LogP contribution in [0.25, 0.3) is 0 Å². The van der Waals surface area contributed by atoms with Gasteiger partial charge in [0.05, 0.1) is 52.1 Å². The first-order chi connectivity index (χ1) is 6.47. The third-order valence-electron chi connectivity index (χ3n) is 4.62. The fraction of sp³-hybridized carbons (Fsp3) is 1.00. The number of quaternary nitrogens is 2. The van der Waals surface area contributed by atoms with Crippen molar-refractivity contribution in [3.8, 4) is 0 Å². The van der Waals surface area contributed by atoms with E-state index in [9.17, 15) is 0 Å². The van der Waals surface area contributed by atoms with Gasteiger partial charge in [-0.15, -0.1) is 0 Å². The summed E-state index contributed by atoms with van der Waals surface area (Å²) in [6.07, 6.45) is 2.65. The predicted octanol–water partition coefficient (Wildman–Crippen LogP) is 0.927. The fourth-order valence-corrected chi connectivity index (χ4v) is 3.02. The van der Waals surface area contributed by atoms with Crippen molar-refractivity contribution in [3.63, 3.8) is 0 Å². The van der Waals surface area contributed by atoms with Crippen LogP contribution in [-0.4, -0.2) is 49.8 Å². The Morgan fingerprint density at radius 2 is 1.27 bits per heavy atom. The molecule has 0 radical (unpaired) electrons. The fourth-order valence-electron chi connectivity index (χ4n) is 3.02. The number of piperidine rings is 1. The Morgan fingerprint density at radius 3 is 1.53 bits per heavy atom. The van der Waals surface area contributed by atoms with Gasteiger partial charge >= 0.3 is 0 Å². The lowest BCUT2D eigenvalue weighted by molar-refractivity contribution is -1.00. The molecule has 0 saturated carbocycles. The molecule has 0 bridgehead atoms. The second kappa shape index (κ2) is 3.46. The minimum Gasteiger partial charge on any atom is -0.328 e. The maximum absolute atomic E-state index is 2.41. The highest BCUT2D eigenvalue weighted by Gasteiger charge is 2.50. The van der Waals surface area contributed by atoms with Crippen LogP contribution in [0.1, 0.15) is 40.5 Å². The summed E-state index contributed by atoms with van der Waals surface area (Å²) in [6, 6.07) is 0.790. The molecule has 0 aliphatic carbocycles. The van der Waals surface area contributed by atoms with Gasteiger partial charge < -0.3 is 9.38 Å². The highest BCUT2D eigenvalue weighted by molar-refractivity contribution is 4.86. The minimum absolute atomic E-state index is 0.401. The number of nitrogens with zero attached hydrogens (tertiary/aromatic N) is 1. The van der Waals surface area contributed by atoms with Gasteiger partial charge in [0, 0.05) is 0 Å². The molecule has 90 valence electrons. The highest BCUT2D eigenvalue weighted by atomic mass is 15.3. The molecule has 0 spiro atoms. The van der Waals surface area contributed by atoms with E-state index in [4.69, 9.17) is 0 Å². The molecule has 0 atom stereocenters. The number of rotatable bonds is 1. The summed E-state index contributed by atoms with van der Waals surface area (Å²) >= 11 is 0. The van der Waals surface area contributed by atoms with E-state index in [0.29, 0.717) is 11.1 Å². The van der Waals surface area contributed by atoms with Crippen LogP contribution in [0.2, 0.25) is 0 Å². The van der Waals surface area contributed by atoms with Crippen LogP contribution in [0.5, 0.6) is 0 Å². The van der Waals surface area contributed by atoms with E-state index < -0.39 is 0 Å². The van der Waals surface area contributed by atoms with Gasteiger partial charge in [-0.2, -0.15) is 0 Å². The Morgan fingerprint density at radius 1 is 0.933 bits per heavy atom. The van der Waals surface area contributed by atoms with Crippen LogP contribution in [-0.2, 0) is 0 Å². The maximum atomic E-state index is 2.41. The maximum Gasteiger partial charge on any atom is 0.100 e. The van der Waals surface area contributed by atoms with E-state index >= 15 is 0 Å². The Bertz CT molecular complexity index is 217. The number of likely N-dealkylation sites (tertiary alicyclic amines) is 1. The first-order valence-electron chi connectivity index (χ1n) is 6.12. The molecular weight excluding hydrogens is 184 g/mol. The van der Waals surface area contributed by atoms with Crippen molar-refractivity contribution in [2.75, 3.05) is 28.2 Å². The monoisotopic (exact) mass is 214 g/mol. The predicted molar refractivity (Wildman–Crippen MR) is 66.1 cm³/mol. The molecule has 0 aromatic carbocycles. The average molecular weight is 214 g/mol. The smallest absolute Gasteiger partial charge is 0.100 e. The largest absolute Gasteiger partial charge is 0.328 e. The SMILES string of the molecule is C[NH+]1C(C)(C)CC([N+](C)(C)C)CC1(C)C. The number of hydrogen-bond acceptors (Lipinski definition) is 0. The van der Waals surface area contributed by atoms with Crippen LogP contribution in [0.15, 0.2) is 0 Å². The lowest BCUT2D eigenvalue weighted by Gasteiger charge is -2.52. The van der Waals surface area contributed by atoms with Crippen molar-refractivity contribution in [1.29, 1.82) is 0 Å². The van der Waals surface area contributed by atoms with Crippen molar-refractivity contribution < 1.29 is 9.38 Å². The summed E-state index contributed by atoms with van der Waals surface area (Å²) in [5, 5.41) is 0. The molecule has 1 rings (SSSR count). The topological polar surface area (TPSA) is 4.44 Å². The molecule has 1 aliphatic rings. The molecular formula is C13H30N2+2. The van der Waals surface area contributed by atoms with Crippen molar-refractivity contribution >= 4 is 0 Å². The van der Waals surface area contributed by atoms with Gasteiger partial charge in [-0.05, 0) is 27.7 Å². The zero-order chi connectivity index (χ0) is 12.1. The van der Waals surface area contributed by atoms with Gasteiger partial charge in [0.1, 0.15) is 6.04 Å². The van der Waals surface area contributed by atoms with Gasteiger partial charge in [-0.3, -0.25) is 0 Å². The second-order valence-corrected chi connectivity index (χ2v) is 7.57. The van der Waals surface area contributed by atoms with E-state index in [0.717, 1.165) is 10.5 Å². The minimum atomic E-state index is 0.401. The molecule has 1 aliphatic heterocycles. The van der Waals surface area contributed by atoms with E-state index in [1.165, 1.54) is 12.8 Å². The Hall–Kier alpha value is -0.0800. The summed E-state index contributed by atoms with van der Waals surface area (Å²) in [5.74, 6) is 0. The molecule has 2 heteroatoms. The summed E-state index contributed by atoms with van der Waals surface area (Å²) in [4.78, 5) is 1.68. The van der Waals surface area contributed by atoms with Crippen molar-refractivity contribution in [3.05, 3.63) is 0 Å². The van der Waals surface area contributed by atoms with Crippen LogP contribution in [0, 0.1) is 0 Å². The molecule has 2 nitrogen and oxygen atoms in total. The van der Waals surface area contributed by atoms with Gasteiger partial charge in [0.25, 0.3) is 0 Å². The summed E-state index contributed by atoms with van der Waals surface area (Å²) in [7, 11) is 9.35. The van der Waals surface area contributed by atoms with Crippen molar-refractivity contribution in [2.24, 2.45) is 0 Å². The van der Waals surface area contributed by atoms with Gasteiger partial charge in [-0.1, -0.05) is 0 Å². The third kappa shape index (κ3) is 2.54. The van der Waals surface area contributed by atoms with Crippen molar-refractivity contribution in [2.45, 2.75) is 57.7 Å². The van der Waals surface area contributed by atoms with Gasteiger partial charge in [-0.25, -0.2) is 0 Å². The quantitative estimate of drug-likeness (QED) is 0.619. The summed E-state index contributed by atoms with van der Waals surface area (Å²) in [5.41, 5.74) is 0.801. The molecule has 1 N–H and O–H groups in total. The van der Waals surface area contributed by atoms with Crippen LogP contribution < -0.4 is 4.90 Å². The molecule has 1 fully saturated rings. The number of hydrogen-bond donors (Lipinski definition) is 1. The molecule has 1 heterocycles. The average Bonchev–Trinajstić information content (AvgIpc) is 1.97. The van der Waals surface area contributed by atoms with Crippen LogP contribution in [0.3, 0.4) is 0 Å². The van der Waals surface area contributed by atoms with E-state index in [1.54, 1.807) is 4.90 Å². The lowest BCUT2D eigenvalue weighted by atomic mass is 9.76.